The van der Waals surface area contributed by atoms with Crippen LogP contribution in [0.1, 0.15) is 22.8 Å². The van der Waals surface area contributed by atoms with Crippen LogP contribution in [-0.4, -0.2) is 30.4 Å². The van der Waals surface area contributed by atoms with Crippen molar-refractivity contribution in [1.29, 1.82) is 0 Å². The molecule has 2 rings (SSSR count). The van der Waals surface area contributed by atoms with E-state index in [0.29, 0.717) is 16.8 Å². The van der Waals surface area contributed by atoms with Gasteiger partial charge in [0.2, 0.25) is 0 Å². The molecular weight excluding hydrogens is 362 g/mol. The lowest BCUT2D eigenvalue weighted by Gasteiger charge is -2.24. The summed E-state index contributed by atoms with van der Waals surface area (Å²) < 4.78 is 10.4. The van der Waals surface area contributed by atoms with Gasteiger partial charge in [-0.15, -0.1) is 0 Å². The molecule has 1 amide bonds. The predicted octanol–water partition coefficient (Wildman–Crippen LogP) is 3.49. The second-order valence-electron chi connectivity index (χ2n) is 5.23. The summed E-state index contributed by atoms with van der Waals surface area (Å²) in [5.41, 5.74) is 1.42. The number of benzene rings is 1. The molecule has 0 bridgehead atoms. The Morgan fingerprint density at radius 3 is 2.57 bits per heavy atom. The number of hydrogen-bond acceptors (Lipinski definition) is 4. The van der Waals surface area contributed by atoms with Gasteiger partial charge in [-0.2, -0.15) is 0 Å². The molecular formula is C17H18BrNO4. The molecule has 2 aromatic rings. The smallest absolute Gasteiger partial charge is 0.310 e. The molecule has 6 heteroatoms. The minimum atomic E-state index is -0.414. The molecule has 23 heavy (non-hydrogen) atoms. The van der Waals surface area contributed by atoms with Gasteiger partial charge in [-0.1, -0.05) is 37.3 Å². The number of hydrogen-bond donors (Lipinski definition) is 0. The topological polar surface area (TPSA) is 59.8 Å². The molecule has 1 atom stereocenters. The average Bonchev–Trinajstić information content (AvgIpc) is 3.00. The predicted molar refractivity (Wildman–Crippen MR) is 88.8 cm³/mol. The van der Waals surface area contributed by atoms with Crippen molar-refractivity contribution < 1.29 is 18.7 Å². The van der Waals surface area contributed by atoms with Crippen molar-refractivity contribution in [2.45, 2.75) is 13.5 Å². The third-order valence-electron chi connectivity index (χ3n) is 3.42. The van der Waals surface area contributed by atoms with Gasteiger partial charge in [0.15, 0.2) is 4.67 Å². The number of ether oxygens (including phenoxy) is 1. The van der Waals surface area contributed by atoms with Crippen LogP contribution < -0.4 is 0 Å². The molecule has 1 unspecified atom stereocenters. The van der Waals surface area contributed by atoms with Crippen molar-refractivity contribution in [3.8, 4) is 0 Å². The molecule has 0 N–H and O–H groups in total. The number of carbonyl (C=O) groups excluding carboxylic acids is 2. The molecule has 1 aromatic carbocycles. The van der Waals surface area contributed by atoms with Crippen molar-refractivity contribution in [3.63, 3.8) is 0 Å². The molecule has 0 spiro atoms. The van der Waals surface area contributed by atoms with Gasteiger partial charge in [0.25, 0.3) is 5.91 Å². The van der Waals surface area contributed by atoms with Gasteiger partial charge in [-0.05, 0) is 21.5 Å². The Kier molecular flexibility index (Phi) is 5.98. The lowest BCUT2D eigenvalue weighted by atomic mass is 10.1. The van der Waals surface area contributed by atoms with Gasteiger partial charge in [0.05, 0.1) is 18.6 Å². The van der Waals surface area contributed by atoms with Gasteiger partial charge in [-0.25, -0.2) is 0 Å². The second kappa shape index (κ2) is 7.97. The molecule has 5 nitrogen and oxygen atoms in total. The lowest BCUT2D eigenvalue weighted by molar-refractivity contribution is -0.145. The number of halogens is 1. The van der Waals surface area contributed by atoms with Crippen LogP contribution in [0.3, 0.4) is 0 Å². The van der Waals surface area contributed by atoms with E-state index in [2.05, 4.69) is 15.9 Å². The van der Waals surface area contributed by atoms with Crippen LogP contribution in [0.4, 0.5) is 0 Å². The zero-order valence-corrected chi connectivity index (χ0v) is 14.6. The maximum Gasteiger partial charge on any atom is 0.310 e. The Hall–Kier alpha value is -2.08. The van der Waals surface area contributed by atoms with Crippen molar-refractivity contribution in [2.75, 3.05) is 13.7 Å². The zero-order chi connectivity index (χ0) is 16.8. The Morgan fingerprint density at radius 1 is 1.30 bits per heavy atom. The quantitative estimate of drug-likeness (QED) is 0.720. The summed E-state index contributed by atoms with van der Waals surface area (Å²) in [7, 11) is 1.34. The fourth-order valence-corrected chi connectivity index (χ4v) is 2.57. The molecule has 0 saturated heterocycles. The Morgan fingerprint density at radius 2 is 2.00 bits per heavy atom. The summed E-state index contributed by atoms with van der Waals surface area (Å²) >= 11 is 3.19. The first-order chi connectivity index (χ1) is 11.0. The number of methoxy groups -OCH3 is 1. The van der Waals surface area contributed by atoms with E-state index in [-0.39, 0.29) is 18.4 Å². The van der Waals surface area contributed by atoms with Crippen LogP contribution >= 0.6 is 15.9 Å². The van der Waals surface area contributed by atoms with Crippen molar-refractivity contribution >= 4 is 27.8 Å². The number of esters is 1. The highest BCUT2D eigenvalue weighted by molar-refractivity contribution is 9.10. The van der Waals surface area contributed by atoms with E-state index in [4.69, 9.17) is 9.15 Å². The minimum absolute atomic E-state index is 0.195. The Bertz CT molecular complexity index is 668. The summed E-state index contributed by atoms with van der Waals surface area (Å²) in [5, 5.41) is 0. The maximum absolute atomic E-state index is 12.7. The SMILES string of the molecule is COC(=O)C(C)CN(Cc1ccccc1)C(=O)c1coc(Br)c1. The highest BCUT2D eigenvalue weighted by Crippen LogP contribution is 2.18. The molecule has 1 heterocycles. The van der Waals surface area contributed by atoms with Crippen LogP contribution in [-0.2, 0) is 16.1 Å². The highest BCUT2D eigenvalue weighted by atomic mass is 79.9. The molecule has 122 valence electrons. The largest absolute Gasteiger partial charge is 0.469 e. The normalized spacial score (nSPS) is 11.8. The van der Waals surface area contributed by atoms with Crippen LogP contribution in [0.15, 0.2) is 51.7 Å². The van der Waals surface area contributed by atoms with Gasteiger partial charge < -0.3 is 14.1 Å². The van der Waals surface area contributed by atoms with E-state index in [1.165, 1.54) is 13.4 Å². The number of furan rings is 1. The van der Waals surface area contributed by atoms with E-state index in [1.807, 2.05) is 30.3 Å². The third-order valence-corrected chi connectivity index (χ3v) is 3.83. The van der Waals surface area contributed by atoms with Crippen LogP contribution in [0.25, 0.3) is 0 Å². The van der Waals surface area contributed by atoms with Crippen molar-refractivity contribution in [2.24, 2.45) is 5.92 Å². The molecule has 0 fully saturated rings. The molecule has 0 aliphatic heterocycles. The van der Waals surface area contributed by atoms with E-state index >= 15 is 0 Å². The summed E-state index contributed by atoms with van der Waals surface area (Å²) in [5.74, 6) is -0.953. The number of carbonyl (C=O) groups is 2. The first-order valence-electron chi connectivity index (χ1n) is 7.16. The summed E-state index contributed by atoms with van der Waals surface area (Å²) in [6, 6.07) is 11.2. The van der Waals surface area contributed by atoms with Crippen molar-refractivity contribution in [3.05, 3.63) is 58.5 Å². The molecule has 0 saturated carbocycles. The minimum Gasteiger partial charge on any atom is -0.469 e. The van der Waals surface area contributed by atoms with Gasteiger partial charge >= 0.3 is 5.97 Å². The Labute approximate surface area is 143 Å². The van der Waals surface area contributed by atoms with Gasteiger partial charge in [0, 0.05) is 19.2 Å². The van der Waals surface area contributed by atoms with E-state index in [0.717, 1.165) is 5.56 Å². The standard InChI is InChI=1S/C17H18BrNO4/c1-12(17(21)22-2)9-19(10-13-6-4-3-5-7-13)16(20)14-8-15(18)23-11-14/h3-8,11-12H,9-10H2,1-2H3. The van der Waals surface area contributed by atoms with E-state index in [9.17, 15) is 9.59 Å². The lowest BCUT2D eigenvalue weighted by Crippen LogP contribution is -2.36. The molecule has 0 radical (unpaired) electrons. The van der Waals surface area contributed by atoms with Crippen molar-refractivity contribution in [1.82, 2.24) is 4.90 Å². The number of amides is 1. The summed E-state index contributed by atoms with van der Waals surface area (Å²) in [6.07, 6.45) is 1.40. The number of rotatable bonds is 6. The summed E-state index contributed by atoms with van der Waals surface area (Å²) in [4.78, 5) is 26.0. The first-order valence-corrected chi connectivity index (χ1v) is 7.95. The molecule has 0 aliphatic rings. The Balaban J connectivity index is 2.19. The van der Waals surface area contributed by atoms with Crippen LogP contribution in [0.2, 0.25) is 0 Å². The number of nitrogens with zero attached hydrogens (tertiary/aromatic N) is 1. The molecule has 0 aliphatic carbocycles. The molecule has 1 aromatic heterocycles. The van der Waals surface area contributed by atoms with E-state index < -0.39 is 5.92 Å². The third kappa shape index (κ3) is 4.69. The zero-order valence-electron chi connectivity index (χ0n) is 13.0. The highest BCUT2D eigenvalue weighted by Gasteiger charge is 2.23. The van der Waals surface area contributed by atoms with Crippen LogP contribution in [0, 0.1) is 5.92 Å². The first kappa shape index (κ1) is 17.3. The average molecular weight is 380 g/mol. The van der Waals surface area contributed by atoms with Gasteiger partial charge in [-0.3, -0.25) is 9.59 Å². The fourth-order valence-electron chi connectivity index (χ4n) is 2.23. The maximum atomic E-state index is 12.7. The summed E-state index contributed by atoms with van der Waals surface area (Å²) in [6.45, 7) is 2.41. The fraction of sp³-hybridized carbons (Fsp3) is 0.294. The second-order valence-corrected chi connectivity index (χ2v) is 6.02. The van der Waals surface area contributed by atoms with Gasteiger partial charge in [0.1, 0.15) is 6.26 Å². The van der Waals surface area contributed by atoms with E-state index in [1.54, 1.807) is 17.9 Å². The van der Waals surface area contributed by atoms with Crippen LogP contribution in [0.5, 0.6) is 0 Å². The monoisotopic (exact) mass is 379 g/mol.